The second-order valence-electron chi connectivity index (χ2n) is 3.74. The van der Waals surface area contributed by atoms with E-state index in [1.165, 1.54) is 0 Å². The van der Waals surface area contributed by atoms with Crippen LogP contribution < -0.4 is 0 Å². The van der Waals surface area contributed by atoms with Crippen LogP contribution in [0.5, 0.6) is 0 Å². The van der Waals surface area contributed by atoms with E-state index in [1.807, 2.05) is 19.1 Å². The average Bonchev–Trinajstić information content (AvgIpc) is 2.68. The highest BCUT2D eigenvalue weighted by Crippen LogP contribution is 2.05. The summed E-state index contributed by atoms with van der Waals surface area (Å²) in [5, 5.41) is 16.3. The van der Waals surface area contributed by atoms with E-state index in [1.54, 1.807) is 17.1 Å². The van der Waals surface area contributed by atoms with Crippen LogP contribution >= 0.6 is 0 Å². The van der Waals surface area contributed by atoms with Crippen LogP contribution in [-0.4, -0.2) is 31.1 Å². The molecule has 0 radical (unpaired) electrons. The van der Waals surface area contributed by atoms with Crippen molar-refractivity contribution >= 4 is 5.97 Å². The second kappa shape index (κ2) is 4.73. The van der Waals surface area contributed by atoms with Crippen LogP contribution in [-0.2, 0) is 17.8 Å². The summed E-state index contributed by atoms with van der Waals surface area (Å²) in [6, 6.07) is 3.84. The summed E-state index contributed by atoms with van der Waals surface area (Å²) in [5.41, 5.74) is 2.42. The van der Waals surface area contributed by atoms with Crippen LogP contribution in [0.4, 0.5) is 0 Å². The van der Waals surface area contributed by atoms with Gasteiger partial charge in [-0.3, -0.25) is 9.78 Å². The smallest absolute Gasteiger partial charge is 0.309 e. The van der Waals surface area contributed by atoms with Crippen molar-refractivity contribution in [3.8, 4) is 0 Å². The van der Waals surface area contributed by atoms with Crippen LogP contribution in [0.2, 0.25) is 0 Å². The first-order chi connectivity index (χ1) is 8.15. The average molecular weight is 232 g/mol. The van der Waals surface area contributed by atoms with Gasteiger partial charge in [-0.15, -0.1) is 5.10 Å². The summed E-state index contributed by atoms with van der Waals surface area (Å²) in [5.74, 6) is -0.911. The van der Waals surface area contributed by atoms with Gasteiger partial charge < -0.3 is 5.11 Å². The number of hydrogen-bond acceptors (Lipinski definition) is 4. The third-order valence-electron chi connectivity index (χ3n) is 2.35. The van der Waals surface area contributed by atoms with Gasteiger partial charge in [0.1, 0.15) is 0 Å². The van der Waals surface area contributed by atoms with Crippen LogP contribution in [0.1, 0.15) is 17.0 Å². The maximum absolute atomic E-state index is 10.5. The Morgan fingerprint density at radius 1 is 1.53 bits per heavy atom. The number of hydrogen-bond donors (Lipinski definition) is 1. The van der Waals surface area contributed by atoms with Crippen LogP contribution in [0.15, 0.2) is 24.5 Å². The van der Waals surface area contributed by atoms with Crippen LogP contribution in [0, 0.1) is 6.92 Å². The molecule has 0 spiro atoms. The molecule has 0 bridgehead atoms. The van der Waals surface area contributed by atoms with E-state index >= 15 is 0 Å². The van der Waals surface area contributed by atoms with E-state index in [0.717, 1.165) is 11.3 Å². The zero-order valence-corrected chi connectivity index (χ0v) is 9.37. The van der Waals surface area contributed by atoms with Crippen molar-refractivity contribution in [3.05, 3.63) is 41.5 Å². The van der Waals surface area contributed by atoms with Gasteiger partial charge in [0.25, 0.3) is 0 Å². The Balaban J connectivity index is 2.12. The number of nitrogens with zero attached hydrogens (tertiary/aromatic N) is 4. The lowest BCUT2D eigenvalue weighted by Crippen LogP contribution is -2.04. The van der Waals surface area contributed by atoms with Gasteiger partial charge in [-0.25, -0.2) is 4.68 Å². The predicted molar refractivity (Wildman–Crippen MR) is 59.4 cm³/mol. The van der Waals surface area contributed by atoms with E-state index in [-0.39, 0.29) is 6.42 Å². The standard InChI is InChI=1S/C11H12N4O2/c1-8-3-2-4-12-10(8)7-15-6-9(13-14-15)5-11(16)17/h2-4,6H,5,7H2,1H3,(H,16,17). The topological polar surface area (TPSA) is 80.9 Å². The number of aryl methyl sites for hydroxylation is 1. The first-order valence-corrected chi connectivity index (χ1v) is 5.16. The fourth-order valence-corrected chi connectivity index (χ4v) is 1.49. The molecule has 0 aliphatic carbocycles. The third-order valence-corrected chi connectivity index (χ3v) is 2.35. The lowest BCUT2D eigenvalue weighted by atomic mass is 10.2. The number of pyridine rings is 1. The quantitative estimate of drug-likeness (QED) is 0.837. The number of carboxylic acid groups (broad SMARTS) is 1. The summed E-state index contributed by atoms with van der Waals surface area (Å²) < 4.78 is 1.59. The summed E-state index contributed by atoms with van der Waals surface area (Å²) in [7, 11) is 0. The zero-order chi connectivity index (χ0) is 12.3. The van der Waals surface area contributed by atoms with E-state index < -0.39 is 5.97 Å². The summed E-state index contributed by atoms with van der Waals surface area (Å²) in [4.78, 5) is 14.7. The maximum Gasteiger partial charge on any atom is 0.309 e. The SMILES string of the molecule is Cc1cccnc1Cn1cc(CC(=O)O)nn1. The van der Waals surface area contributed by atoms with Crippen molar-refractivity contribution in [2.24, 2.45) is 0 Å². The second-order valence-corrected chi connectivity index (χ2v) is 3.74. The number of rotatable bonds is 4. The zero-order valence-electron chi connectivity index (χ0n) is 9.37. The van der Waals surface area contributed by atoms with Crippen molar-refractivity contribution < 1.29 is 9.90 Å². The molecule has 0 saturated carbocycles. The van der Waals surface area contributed by atoms with Crippen molar-refractivity contribution in [1.29, 1.82) is 0 Å². The molecule has 2 aromatic heterocycles. The minimum atomic E-state index is -0.911. The third kappa shape index (κ3) is 2.87. The highest BCUT2D eigenvalue weighted by atomic mass is 16.4. The van der Waals surface area contributed by atoms with E-state index in [9.17, 15) is 4.79 Å². The molecule has 88 valence electrons. The lowest BCUT2D eigenvalue weighted by Gasteiger charge is -2.02. The molecule has 0 aromatic carbocycles. The molecule has 0 saturated heterocycles. The van der Waals surface area contributed by atoms with Gasteiger partial charge >= 0.3 is 5.97 Å². The Labute approximate surface area is 97.9 Å². The molecule has 1 N–H and O–H groups in total. The van der Waals surface area contributed by atoms with Gasteiger partial charge in [0, 0.05) is 12.4 Å². The number of aliphatic carboxylic acids is 1. The number of carboxylic acids is 1. The molecule has 17 heavy (non-hydrogen) atoms. The summed E-state index contributed by atoms with van der Waals surface area (Å²) >= 11 is 0. The molecular weight excluding hydrogens is 220 g/mol. The first-order valence-electron chi connectivity index (χ1n) is 5.16. The highest BCUT2D eigenvalue weighted by molar-refractivity contribution is 5.69. The molecule has 2 rings (SSSR count). The van der Waals surface area contributed by atoms with Gasteiger partial charge in [-0.1, -0.05) is 11.3 Å². The van der Waals surface area contributed by atoms with Gasteiger partial charge in [-0.2, -0.15) is 0 Å². The fourth-order valence-electron chi connectivity index (χ4n) is 1.49. The summed E-state index contributed by atoms with van der Waals surface area (Å²) in [6.45, 7) is 2.47. The molecular formula is C11H12N4O2. The number of carbonyl (C=O) groups is 1. The Kier molecular flexibility index (Phi) is 3.13. The predicted octanol–water partition coefficient (Wildman–Crippen LogP) is 0.657. The van der Waals surface area contributed by atoms with Gasteiger partial charge in [-0.05, 0) is 18.6 Å². The van der Waals surface area contributed by atoms with E-state index in [2.05, 4.69) is 15.3 Å². The lowest BCUT2D eigenvalue weighted by molar-refractivity contribution is -0.136. The van der Waals surface area contributed by atoms with E-state index in [0.29, 0.717) is 12.2 Å². The van der Waals surface area contributed by atoms with Crippen molar-refractivity contribution in [2.45, 2.75) is 19.9 Å². The van der Waals surface area contributed by atoms with Crippen molar-refractivity contribution in [2.75, 3.05) is 0 Å². The normalized spacial score (nSPS) is 10.4. The van der Waals surface area contributed by atoms with Crippen LogP contribution in [0.3, 0.4) is 0 Å². The molecule has 2 heterocycles. The van der Waals surface area contributed by atoms with Gasteiger partial charge in [0.05, 0.1) is 24.4 Å². The Bertz CT molecular complexity index is 536. The molecule has 0 aliphatic rings. The summed E-state index contributed by atoms with van der Waals surface area (Å²) in [6.07, 6.45) is 3.24. The van der Waals surface area contributed by atoms with E-state index in [4.69, 9.17) is 5.11 Å². The first kappa shape index (κ1) is 11.3. The molecule has 0 amide bonds. The van der Waals surface area contributed by atoms with Gasteiger partial charge in [0.15, 0.2) is 0 Å². The Hall–Kier alpha value is -2.24. The molecule has 2 aromatic rings. The largest absolute Gasteiger partial charge is 0.481 e. The molecule has 6 heteroatoms. The Morgan fingerprint density at radius 2 is 2.35 bits per heavy atom. The molecule has 0 atom stereocenters. The number of aromatic nitrogens is 4. The highest BCUT2D eigenvalue weighted by Gasteiger charge is 2.07. The van der Waals surface area contributed by atoms with Gasteiger partial charge in [0.2, 0.25) is 0 Å². The fraction of sp³-hybridized carbons (Fsp3) is 0.273. The maximum atomic E-state index is 10.5. The minimum Gasteiger partial charge on any atom is -0.481 e. The monoisotopic (exact) mass is 232 g/mol. The van der Waals surface area contributed by atoms with Crippen molar-refractivity contribution in [1.82, 2.24) is 20.0 Å². The van der Waals surface area contributed by atoms with Crippen LogP contribution in [0.25, 0.3) is 0 Å². The molecule has 0 aliphatic heterocycles. The Morgan fingerprint density at radius 3 is 3.06 bits per heavy atom. The molecule has 6 nitrogen and oxygen atoms in total. The minimum absolute atomic E-state index is 0.110. The molecule has 0 unspecified atom stereocenters. The van der Waals surface area contributed by atoms with Crippen molar-refractivity contribution in [3.63, 3.8) is 0 Å². The molecule has 0 fully saturated rings.